The predicted octanol–water partition coefficient (Wildman–Crippen LogP) is 4.08. The van der Waals surface area contributed by atoms with E-state index in [0.29, 0.717) is 12.3 Å². The summed E-state index contributed by atoms with van der Waals surface area (Å²) in [4.78, 5) is 15.4. The molecule has 116 valence electrons. The molecule has 0 aliphatic heterocycles. The van der Waals surface area contributed by atoms with Crippen LogP contribution in [0.4, 0.5) is 11.4 Å². The number of carboxylic acids is 1. The summed E-state index contributed by atoms with van der Waals surface area (Å²) in [6.45, 7) is 2.53. The van der Waals surface area contributed by atoms with E-state index in [1.807, 2.05) is 37.3 Å². The van der Waals surface area contributed by atoms with Gasteiger partial charge in [-0.05, 0) is 49.4 Å². The van der Waals surface area contributed by atoms with Gasteiger partial charge in [-0.25, -0.2) is 4.79 Å². The molecule has 0 saturated heterocycles. The van der Waals surface area contributed by atoms with E-state index in [-0.39, 0.29) is 5.56 Å². The van der Waals surface area contributed by atoms with Crippen molar-refractivity contribution in [3.63, 3.8) is 0 Å². The number of aromatic carboxylic acids is 1. The van der Waals surface area contributed by atoms with E-state index in [1.54, 1.807) is 24.4 Å². The Hall–Kier alpha value is -3.08. The lowest BCUT2D eigenvalue weighted by atomic mass is 10.1. The zero-order valence-corrected chi connectivity index (χ0v) is 12.6. The number of nitrogens with zero attached hydrogens (tertiary/aromatic N) is 1. The zero-order valence-electron chi connectivity index (χ0n) is 12.6. The lowest BCUT2D eigenvalue weighted by Gasteiger charge is -2.11. The van der Waals surface area contributed by atoms with Crippen LogP contribution in [0.3, 0.4) is 0 Å². The number of nitrogens with one attached hydrogen (secondary N) is 1. The lowest BCUT2D eigenvalue weighted by molar-refractivity contribution is 0.0697. The molecule has 0 bridgehead atoms. The minimum atomic E-state index is -0.952. The van der Waals surface area contributed by atoms with Gasteiger partial charge in [-0.1, -0.05) is 6.07 Å². The molecule has 0 atom stereocenters. The van der Waals surface area contributed by atoms with E-state index in [2.05, 4.69) is 10.3 Å². The molecule has 0 spiro atoms. The van der Waals surface area contributed by atoms with Crippen LogP contribution in [0.15, 0.2) is 54.7 Å². The van der Waals surface area contributed by atoms with Gasteiger partial charge in [-0.15, -0.1) is 0 Å². The van der Waals surface area contributed by atoms with Gasteiger partial charge in [0.25, 0.3) is 0 Å². The van der Waals surface area contributed by atoms with Crippen molar-refractivity contribution in [3.8, 4) is 5.75 Å². The first-order valence-corrected chi connectivity index (χ1v) is 7.29. The minimum absolute atomic E-state index is 0.239. The Morgan fingerprint density at radius 1 is 1.22 bits per heavy atom. The first kappa shape index (κ1) is 14.8. The normalized spacial score (nSPS) is 10.5. The van der Waals surface area contributed by atoms with Gasteiger partial charge in [-0.3, -0.25) is 4.98 Å². The van der Waals surface area contributed by atoms with Gasteiger partial charge in [0.15, 0.2) is 0 Å². The molecule has 2 N–H and O–H groups in total. The predicted molar refractivity (Wildman–Crippen MR) is 89.6 cm³/mol. The molecule has 23 heavy (non-hydrogen) atoms. The molecule has 0 amide bonds. The van der Waals surface area contributed by atoms with Crippen molar-refractivity contribution in [2.24, 2.45) is 0 Å². The number of anilines is 2. The third-order valence-electron chi connectivity index (χ3n) is 3.41. The number of benzene rings is 2. The molecule has 0 saturated carbocycles. The van der Waals surface area contributed by atoms with Crippen LogP contribution >= 0.6 is 0 Å². The summed E-state index contributed by atoms with van der Waals surface area (Å²) >= 11 is 0. The highest BCUT2D eigenvalue weighted by Gasteiger charge is 2.07. The number of ether oxygens (including phenoxy) is 1. The molecule has 0 aliphatic rings. The van der Waals surface area contributed by atoms with Gasteiger partial charge in [0.1, 0.15) is 5.75 Å². The standard InChI is InChI=1S/C18H16N2O3/c1-2-23-14-6-7-16-15(11-14)17(8-9-19-16)20-13-5-3-4-12(10-13)18(21)22/h3-11H,2H2,1H3,(H,19,20)(H,21,22). The molecule has 0 aliphatic carbocycles. The highest BCUT2D eigenvalue weighted by atomic mass is 16.5. The maximum atomic E-state index is 11.1. The van der Waals surface area contributed by atoms with Crippen molar-refractivity contribution in [3.05, 3.63) is 60.3 Å². The Morgan fingerprint density at radius 3 is 2.87 bits per heavy atom. The Balaban J connectivity index is 2.00. The maximum Gasteiger partial charge on any atom is 0.335 e. The monoisotopic (exact) mass is 308 g/mol. The molecule has 3 aromatic rings. The second-order valence-electron chi connectivity index (χ2n) is 4.98. The second-order valence-corrected chi connectivity index (χ2v) is 4.98. The van der Waals surface area contributed by atoms with Crippen LogP contribution in [0, 0.1) is 0 Å². The van der Waals surface area contributed by atoms with Crippen molar-refractivity contribution in [2.45, 2.75) is 6.92 Å². The third kappa shape index (κ3) is 3.23. The van der Waals surface area contributed by atoms with Gasteiger partial charge in [0, 0.05) is 23.0 Å². The smallest absolute Gasteiger partial charge is 0.335 e. The summed E-state index contributed by atoms with van der Waals surface area (Å²) in [5, 5.41) is 13.3. The molecule has 3 rings (SSSR count). The number of carbonyl (C=O) groups is 1. The second kappa shape index (κ2) is 6.36. The summed E-state index contributed by atoms with van der Waals surface area (Å²) in [6, 6.07) is 14.3. The molecular weight excluding hydrogens is 292 g/mol. The van der Waals surface area contributed by atoms with Gasteiger partial charge >= 0.3 is 5.97 Å². The molecule has 0 radical (unpaired) electrons. The van der Waals surface area contributed by atoms with E-state index in [4.69, 9.17) is 9.84 Å². The maximum absolute atomic E-state index is 11.1. The van der Waals surface area contributed by atoms with Gasteiger partial charge < -0.3 is 15.2 Å². The van der Waals surface area contributed by atoms with Crippen LogP contribution in [0.25, 0.3) is 10.9 Å². The Labute approximate surface area is 133 Å². The fourth-order valence-electron chi connectivity index (χ4n) is 2.38. The molecular formula is C18H16N2O3. The Morgan fingerprint density at radius 2 is 2.09 bits per heavy atom. The number of aromatic nitrogens is 1. The molecule has 2 aromatic carbocycles. The number of carboxylic acid groups (broad SMARTS) is 1. The molecule has 0 unspecified atom stereocenters. The first-order valence-electron chi connectivity index (χ1n) is 7.29. The van der Waals surface area contributed by atoms with Gasteiger partial charge in [-0.2, -0.15) is 0 Å². The average molecular weight is 308 g/mol. The summed E-state index contributed by atoms with van der Waals surface area (Å²) in [7, 11) is 0. The summed E-state index contributed by atoms with van der Waals surface area (Å²) < 4.78 is 5.54. The zero-order chi connectivity index (χ0) is 16.2. The van der Waals surface area contributed by atoms with Crippen LogP contribution < -0.4 is 10.1 Å². The van der Waals surface area contributed by atoms with Crippen LogP contribution in [0.1, 0.15) is 17.3 Å². The quantitative estimate of drug-likeness (QED) is 0.743. The molecule has 5 nitrogen and oxygen atoms in total. The van der Waals surface area contributed by atoms with E-state index in [1.165, 1.54) is 0 Å². The topological polar surface area (TPSA) is 71.5 Å². The fraction of sp³-hybridized carbons (Fsp3) is 0.111. The Bertz CT molecular complexity index is 862. The SMILES string of the molecule is CCOc1ccc2nccc(Nc3cccc(C(=O)O)c3)c2c1. The lowest BCUT2D eigenvalue weighted by Crippen LogP contribution is -1.98. The van der Waals surface area contributed by atoms with Crippen LogP contribution in [-0.2, 0) is 0 Å². The average Bonchev–Trinajstić information content (AvgIpc) is 2.56. The van der Waals surface area contributed by atoms with Crippen molar-refractivity contribution < 1.29 is 14.6 Å². The van der Waals surface area contributed by atoms with Gasteiger partial charge in [0.05, 0.1) is 17.7 Å². The Kier molecular flexibility index (Phi) is 4.10. The van der Waals surface area contributed by atoms with E-state index in [0.717, 1.165) is 22.3 Å². The van der Waals surface area contributed by atoms with E-state index >= 15 is 0 Å². The van der Waals surface area contributed by atoms with Crippen LogP contribution in [0.5, 0.6) is 5.75 Å². The number of rotatable bonds is 5. The van der Waals surface area contributed by atoms with Crippen molar-refractivity contribution in [1.82, 2.24) is 4.98 Å². The van der Waals surface area contributed by atoms with Crippen molar-refractivity contribution in [2.75, 3.05) is 11.9 Å². The van der Waals surface area contributed by atoms with Crippen molar-refractivity contribution in [1.29, 1.82) is 0 Å². The molecule has 0 fully saturated rings. The molecule has 1 heterocycles. The number of fused-ring (bicyclic) bond motifs is 1. The highest BCUT2D eigenvalue weighted by Crippen LogP contribution is 2.28. The number of hydrogen-bond acceptors (Lipinski definition) is 4. The molecule has 5 heteroatoms. The van der Waals surface area contributed by atoms with Crippen LogP contribution in [0.2, 0.25) is 0 Å². The summed E-state index contributed by atoms with van der Waals surface area (Å²) in [5.74, 6) is -0.179. The van der Waals surface area contributed by atoms with E-state index < -0.39 is 5.97 Å². The summed E-state index contributed by atoms with van der Waals surface area (Å²) in [5.41, 5.74) is 2.63. The highest BCUT2D eigenvalue weighted by molar-refractivity contribution is 5.94. The van der Waals surface area contributed by atoms with E-state index in [9.17, 15) is 4.79 Å². The van der Waals surface area contributed by atoms with Crippen LogP contribution in [-0.4, -0.2) is 22.7 Å². The first-order chi connectivity index (χ1) is 11.2. The number of hydrogen-bond donors (Lipinski definition) is 2. The third-order valence-corrected chi connectivity index (χ3v) is 3.41. The minimum Gasteiger partial charge on any atom is -0.494 e. The largest absolute Gasteiger partial charge is 0.494 e. The summed E-state index contributed by atoms with van der Waals surface area (Å²) in [6.07, 6.45) is 1.71. The van der Waals surface area contributed by atoms with Gasteiger partial charge in [0.2, 0.25) is 0 Å². The fourth-order valence-corrected chi connectivity index (χ4v) is 2.38. The molecule has 1 aromatic heterocycles. The number of pyridine rings is 1. The van der Waals surface area contributed by atoms with Crippen molar-refractivity contribution >= 4 is 28.2 Å².